The molecule has 5 heteroatoms. The molecule has 0 saturated heterocycles. The van der Waals surface area contributed by atoms with Crippen LogP contribution in [0.5, 0.6) is 0 Å². The Hall–Kier alpha value is -0.680. The van der Waals surface area contributed by atoms with Crippen molar-refractivity contribution in [2.24, 2.45) is 5.73 Å². The third kappa shape index (κ3) is 2.52. The number of rotatable bonds is 3. The molecule has 4 nitrogen and oxygen atoms in total. The summed E-state index contributed by atoms with van der Waals surface area (Å²) in [6.45, 7) is 5.14. The summed E-state index contributed by atoms with van der Waals surface area (Å²) in [6, 6.07) is 1.02. The quantitative estimate of drug-likeness (QED) is 0.877. The van der Waals surface area contributed by atoms with Crippen LogP contribution < -0.4 is 10.6 Å². The molecule has 1 heterocycles. The van der Waals surface area contributed by atoms with Crippen molar-refractivity contribution in [3.05, 3.63) is 5.82 Å². The minimum Gasteiger partial charge on any atom is -0.344 e. The zero-order valence-electron chi connectivity index (χ0n) is 10.0. The first-order valence-electron chi connectivity index (χ1n) is 6.03. The van der Waals surface area contributed by atoms with Gasteiger partial charge in [0.15, 0.2) is 0 Å². The number of aromatic nitrogens is 2. The second-order valence-electron chi connectivity index (χ2n) is 4.48. The van der Waals surface area contributed by atoms with Crippen molar-refractivity contribution < 1.29 is 0 Å². The number of aryl methyl sites for hydroxylation is 1. The molecule has 2 rings (SSSR count). The first-order valence-corrected chi connectivity index (χ1v) is 6.80. The Morgan fingerprint density at radius 2 is 2.06 bits per heavy atom. The molecule has 0 bridgehead atoms. The molecule has 16 heavy (non-hydrogen) atoms. The number of nitrogens with zero attached hydrogens (tertiary/aromatic N) is 3. The highest BCUT2D eigenvalue weighted by Gasteiger charge is 2.25. The minimum atomic E-state index is 0.408. The van der Waals surface area contributed by atoms with E-state index in [0.717, 1.165) is 30.3 Å². The van der Waals surface area contributed by atoms with E-state index in [2.05, 4.69) is 21.2 Å². The van der Waals surface area contributed by atoms with Gasteiger partial charge in [0.2, 0.25) is 5.13 Å². The lowest BCUT2D eigenvalue weighted by Gasteiger charge is -2.35. The minimum absolute atomic E-state index is 0.408. The molecule has 1 aliphatic carbocycles. The Labute approximate surface area is 101 Å². The van der Waals surface area contributed by atoms with Gasteiger partial charge in [-0.2, -0.15) is 4.37 Å². The van der Waals surface area contributed by atoms with Gasteiger partial charge in [0.25, 0.3) is 0 Å². The summed E-state index contributed by atoms with van der Waals surface area (Å²) in [5.74, 6) is 0.881. The van der Waals surface area contributed by atoms with Gasteiger partial charge >= 0.3 is 0 Å². The first kappa shape index (κ1) is 11.8. The molecule has 1 saturated carbocycles. The fourth-order valence-electron chi connectivity index (χ4n) is 2.37. The van der Waals surface area contributed by atoms with Crippen LogP contribution in [0.2, 0.25) is 0 Å². The molecule has 0 radical (unpaired) electrons. The normalized spacial score (nSPS) is 25.7. The van der Waals surface area contributed by atoms with E-state index in [1.54, 1.807) is 0 Å². The summed E-state index contributed by atoms with van der Waals surface area (Å²) in [5.41, 5.74) is 5.94. The summed E-state index contributed by atoms with van der Waals surface area (Å²) < 4.78 is 4.26. The highest BCUT2D eigenvalue weighted by molar-refractivity contribution is 7.09. The van der Waals surface area contributed by atoms with Crippen molar-refractivity contribution in [1.82, 2.24) is 9.36 Å². The van der Waals surface area contributed by atoms with Gasteiger partial charge in [-0.15, -0.1) is 0 Å². The van der Waals surface area contributed by atoms with E-state index >= 15 is 0 Å². The second-order valence-corrected chi connectivity index (χ2v) is 5.21. The van der Waals surface area contributed by atoms with Crippen LogP contribution in [0.15, 0.2) is 0 Å². The summed E-state index contributed by atoms with van der Waals surface area (Å²) in [5, 5.41) is 1.07. The van der Waals surface area contributed by atoms with Crippen molar-refractivity contribution in [1.29, 1.82) is 0 Å². The zero-order chi connectivity index (χ0) is 11.5. The lowest BCUT2D eigenvalue weighted by Crippen LogP contribution is -2.40. The third-order valence-electron chi connectivity index (χ3n) is 3.29. The Balaban J connectivity index is 2.05. The van der Waals surface area contributed by atoms with Gasteiger partial charge in [0, 0.05) is 30.2 Å². The lowest BCUT2D eigenvalue weighted by atomic mass is 9.91. The molecule has 0 amide bonds. The second kappa shape index (κ2) is 5.10. The van der Waals surface area contributed by atoms with Crippen LogP contribution in [0.3, 0.4) is 0 Å². The van der Waals surface area contributed by atoms with Crippen molar-refractivity contribution in [3.63, 3.8) is 0 Å². The average Bonchev–Trinajstić information content (AvgIpc) is 2.69. The fourth-order valence-corrected chi connectivity index (χ4v) is 3.18. The largest absolute Gasteiger partial charge is 0.344 e. The van der Waals surface area contributed by atoms with Gasteiger partial charge in [-0.05, 0) is 39.5 Å². The molecular weight excluding hydrogens is 220 g/mol. The summed E-state index contributed by atoms with van der Waals surface area (Å²) >= 11 is 1.51. The van der Waals surface area contributed by atoms with Crippen LogP contribution in [-0.4, -0.2) is 28.0 Å². The smallest absolute Gasteiger partial charge is 0.205 e. The highest BCUT2D eigenvalue weighted by Crippen LogP contribution is 2.27. The van der Waals surface area contributed by atoms with Crippen LogP contribution in [-0.2, 0) is 0 Å². The topological polar surface area (TPSA) is 55.0 Å². The summed E-state index contributed by atoms with van der Waals surface area (Å²) in [4.78, 5) is 6.86. The first-order chi connectivity index (χ1) is 7.70. The molecule has 1 aromatic rings. The molecule has 0 unspecified atom stereocenters. The van der Waals surface area contributed by atoms with Crippen LogP contribution in [0.4, 0.5) is 5.13 Å². The number of hydrogen-bond donors (Lipinski definition) is 1. The maximum absolute atomic E-state index is 5.94. The zero-order valence-corrected chi connectivity index (χ0v) is 10.8. The maximum Gasteiger partial charge on any atom is 0.205 e. The molecule has 0 atom stereocenters. The summed E-state index contributed by atoms with van der Waals surface area (Å²) in [7, 11) is 0. The third-order valence-corrected chi connectivity index (χ3v) is 4.13. The Morgan fingerprint density at radius 1 is 1.38 bits per heavy atom. The van der Waals surface area contributed by atoms with E-state index in [4.69, 9.17) is 5.73 Å². The molecule has 0 spiro atoms. The van der Waals surface area contributed by atoms with Crippen LogP contribution >= 0.6 is 11.5 Å². The highest BCUT2D eigenvalue weighted by atomic mass is 32.1. The predicted molar refractivity (Wildman–Crippen MR) is 67.9 cm³/mol. The fraction of sp³-hybridized carbons (Fsp3) is 0.818. The van der Waals surface area contributed by atoms with E-state index in [-0.39, 0.29) is 0 Å². The maximum atomic E-state index is 5.94. The van der Waals surface area contributed by atoms with E-state index in [0.29, 0.717) is 12.1 Å². The number of anilines is 1. The average molecular weight is 240 g/mol. The van der Waals surface area contributed by atoms with Gasteiger partial charge in [0.1, 0.15) is 5.82 Å². The van der Waals surface area contributed by atoms with E-state index < -0.39 is 0 Å². The van der Waals surface area contributed by atoms with Gasteiger partial charge < -0.3 is 10.6 Å². The molecule has 2 N–H and O–H groups in total. The van der Waals surface area contributed by atoms with E-state index in [1.165, 1.54) is 24.4 Å². The Kier molecular flexibility index (Phi) is 3.76. The molecule has 1 aromatic heterocycles. The van der Waals surface area contributed by atoms with Crippen molar-refractivity contribution in [2.75, 3.05) is 11.4 Å². The van der Waals surface area contributed by atoms with Crippen molar-refractivity contribution in [3.8, 4) is 0 Å². The number of hydrogen-bond acceptors (Lipinski definition) is 5. The van der Waals surface area contributed by atoms with E-state index in [9.17, 15) is 0 Å². The molecule has 90 valence electrons. The Morgan fingerprint density at radius 3 is 2.56 bits per heavy atom. The lowest BCUT2D eigenvalue weighted by molar-refractivity contribution is 0.378. The molecule has 0 aliphatic heterocycles. The summed E-state index contributed by atoms with van der Waals surface area (Å²) in [6.07, 6.45) is 4.65. The van der Waals surface area contributed by atoms with Gasteiger partial charge in [0.05, 0.1) is 0 Å². The van der Waals surface area contributed by atoms with Gasteiger partial charge in [-0.3, -0.25) is 0 Å². The molecule has 1 fully saturated rings. The molecule has 0 aromatic carbocycles. The van der Waals surface area contributed by atoms with Crippen molar-refractivity contribution >= 4 is 16.7 Å². The van der Waals surface area contributed by atoms with Crippen LogP contribution in [0.1, 0.15) is 38.4 Å². The standard InChI is InChI=1S/C11H20N4S/c1-3-15(11-13-8(2)14-16-11)10-6-4-9(12)5-7-10/h9-10H,3-7,12H2,1-2H3. The van der Waals surface area contributed by atoms with Crippen LogP contribution in [0, 0.1) is 6.92 Å². The predicted octanol–water partition coefficient (Wildman–Crippen LogP) is 1.94. The van der Waals surface area contributed by atoms with Gasteiger partial charge in [-0.1, -0.05) is 0 Å². The van der Waals surface area contributed by atoms with Crippen LogP contribution in [0.25, 0.3) is 0 Å². The van der Waals surface area contributed by atoms with E-state index in [1.807, 2.05) is 6.92 Å². The molecule has 1 aliphatic rings. The van der Waals surface area contributed by atoms with Gasteiger partial charge in [-0.25, -0.2) is 4.98 Å². The number of nitrogens with two attached hydrogens (primary N) is 1. The molecular formula is C11H20N4S. The monoisotopic (exact) mass is 240 g/mol. The Bertz CT molecular complexity index is 330. The SMILES string of the molecule is CCN(c1nc(C)ns1)C1CCC(N)CC1. The van der Waals surface area contributed by atoms with Crippen molar-refractivity contribution in [2.45, 2.75) is 51.6 Å².